The molecule has 13 heteroatoms. The van der Waals surface area contributed by atoms with Crippen molar-refractivity contribution < 1.29 is 48.8 Å². The van der Waals surface area contributed by atoms with E-state index >= 15 is 0 Å². The molecule has 0 aromatic heterocycles. The van der Waals surface area contributed by atoms with E-state index in [1.807, 2.05) is 0 Å². The Bertz CT molecular complexity index is 398. The van der Waals surface area contributed by atoms with E-state index in [4.69, 9.17) is 5.11 Å². The van der Waals surface area contributed by atoms with Crippen LogP contribution in [0, 0.1) is 0 Å². The first-order chi connectivity index (χ1) is 9.05. The van der Waals surface area contributed by atoms with Gasteiger partial charge in [-0.3, -0.25) is 0 Å². The van der Waals surface area contributed by atoms with Gasteiger partial charge in [-0.25, -0.2) is 8.51 Å². The number of aliphatic hydroxyl groups excluding tert-OH is 1. The first-order valence-corrected chi connectivity index (χ1v) is 6.12. The van der Waals surface area contributed by atoms with Gasteiger partial charge in [-0.15, -0.1) is 0 Å². The number of halogens is 9. The number of hydrogen-bond acceptors (Lipinski definition) is 2. The molecule has 1 N–H and O–H groups in total. The van der Waals surface area contributed by atoms with Gasteiger partial charge in [0, 0.05) is 13.1 Å². The molecule has 0 aromatic rings. The van der Waals surface area contributed by atoms with Crippen LogP contribution in [-0.2, 0) is 11.0 Å². The summed E-state index contributed by atoms with van der Waals surface area (Å²) in [5, 5.41) is 2.36. The maximum Gasteiger partial charge on any atom is 0.460 e. The first-order valence-electron chi connectivity index (χ1n) is 5.01. The van der Waals surface area contributed by atoms with Crippen LogP contribution >= 0.6 is 0 Å². The van der Waals surface area contributed by atoms with Crippen LogP contribution in [0.3, 0.4) is 0 Å². The van der Waals surface area contributed by atoms with Gasteiger partial charge in [-0.05, 0) is 6.92 Å². The Morgan fingerprint density at radius 3 is 1.67 bits per heavy atom. The van der Waals surface area contributed by atoms with Crippen molar-refractivity contribution in [1.82, 2.24) is 4.31 Å². The molecule has 0 aromatic carbocycles. The highest BCUT2D eigenvalue weighted by molar-refractivity contribution is 7.83. The molecule has 128 valence electrons. The fourth-order valence-electron chi connectivity index (χ4n) is 0.930. The van der Waals surface area contributed by atoms with Crippen LogP contribution in [0.4, 0.5) is 39.5 Å². The van der Waals surface area contributed by atoms with Gasteiger partial charge < -0.3 is 5.11 Å². The van der Waals surface area contributed by atoms with Crippen molar-refractivity contribution in [3.8, 4) is 0 Å². The third-order valence-corrected chi connectivity index (χ3v) is 4.06. The average Bonchev–Trinajstić information content (AvgIpc) is 2.33. The molecule has 0 bridgehead atoms. The zero-order chi connectivity index (χ0) is 17.4. The van der Waals surface area contributed by atoms with Gasteiger partial charge in [0.2, 0.25) is 0 Å². The van der Waals surface area contributed by atoms with Crippen LogP contribution < -0.4 is 0 Å². The topological polar surface area (TPSA) is 40.5 Å². The zero-order valence-electron chi connectivity index (χ0n) is 10.4. The van der Waals surface area contributed by atoms with Crippen LogP contribution in [0.15, 0.2) is 0 Å². The zero-order valence-corrected chi connectivity index (χ0v) is 11.2. The Morgan fingerprint density at radius 2 is 1.38 bits per heavy atom. The van der Waals surface area contributed by atoms with Crippen LogP contribution in [0.5, 0.6) is 0 Å². The van der Waals surface area contributed by atoms with Gasteiger partial charge in [0.15, 0.2) is 11.0 Å². The Kier molecular flexibility index (Phi) is 5.75. The SMILES string of the molecule is CC(CO)N(C)S(=O)C(F)(F)C(F)(F)C(F)(F)C(F)(F)F. The second kappa shape index (κ2) is 5.91. The highest BCUT2D eigenvalue weighted by Gasteiger charge is 2.83. The van der Waals surface area contributed by atoms with Crippen molar-refractivity contribution in [1.29, 1.82) is 0 Å². The third kappa shape index (κ3) is 3.28. The molecule has 0 aliphatic heterocycles. The number of nitrogens with zero attached hydrogens (tertiary/aromatic N) is 1. The number of aliphatic hydroxyl groups is 1. The normalized spacial score (nSPS) is 18.0. The molecule has 0 amide bonds. The Hall–Kier alpha value is -0.560. The second-order valence-electron chi connectivity index (χ2n) is 3.99. The Balaban J connectivity index is 5.74. The summed E-state index contributed by atoms with van der Waals surface area (Å²) in [7, 11) is -3.75. The van der Waals surface area contributed by atoms with Crippen molar-refractivity contribution in [3.63, 3.8) is 0 Å². The van der Waals surface area contributed by atoms with Crippen molar-refractivity contribution in [2.45, 2.75) is 36.2 Å². The molecule has 0 fully saturated rings. The highest BCUT2D eigenvalue weighted by atomic mass is 32.2. The predicted octanol–water partition coefficient (Wildman–Crippen LogP) is 2.39. The Morgan fingerprint density at radius 1 is 1.00 bits per heavy atom. The summed E-state index contributed by atoms with van der Waals surface area (Å²) in [6, 6.07) is -1.45. The number of rotatable bonds is 6. The van der Waals surface area contributed by atoms with Gasteiger partial charge in [-0.1, -0.05) is 0 Å². The molecular formula is C8H10F9NO2S. The van der Waals surface area contributed by atoms with Gasteiger partial charge in [0.1, 0.15) is 0 Å². The molecule has 0 saturated heterocycles. The van der Waals surface area contributed by atoms with Crippen LogP contribution in [0.1, 0.15) is 6.92 Å². The largest absolute Gasteiger partial charge is 0.460 e. The van der Waals surface area contributed by atoms with Crippen molar-refractivity contribution >= 4 is 11.0 Å². The number of likely N-dealkylation sites (N-methyl/N-ethyl adjacent to an activating group) is 1. The number of hydrogen-bond donors (Lipinski definition) is 1. The summed E-state index contributed by atoms with van der Waals surface area (Å²) in [6.07, 6.45) is -6.97. The van der Waals surface area contributed by atoms with Crippen LogP contribution in [0.2, 0.25) is 0 Å². The molecule has 0 aliphatic rings. The second-order valence-corrected chi connectivity index (χ2v) is 5.58. The summed E-state index contributed by atoms with van der Waals surface area (Å²) in [5.74, 6) is -14.0. The minimum Gasteiger partial charge on any atom is -0.395 e. The van der Waals surface area contributed by atoms with E-state index in [0.29, 0.717) is 7.05 Å². The molecule has 2 unspecified atom stereocenters. The monoisotopic (exact) mass is 355 g/mol. The lowest BCUT2D eigenvalue weighted by atomic mass is 10.1. The van der Waals surface area contributed by atoms with E-state index in [1.54, 1.807) is 0 Å². The predicted molar refractivity (Wildman–Crippen MR) is 53.3 cm³/mol. The van der Waals surface area contributed by atoms with E-state index < -0.39 is 46.9 Å². The van der Waals surface area contributed by atoms with Gasteiger partial charge in [0.25, 0.3) is 0 Å². The average molecular weight is 355 g/mol. The van der Waals surface area contributed by atoms with Crippen LogP contribution in [0.25, 0.3) is 0 Å². The van der Waals surface area contributed by atoms with Gasteiger partial charge in [-0.2, -0.15) is 39.5 Å². The molecule has 0 heterocycles. The summed E-state index contributed by atoms with van der Waals surface area (Å²) in [5.41, 5.74) is 0. The smallest absolute Gasteiger partial charge is 0.395 e. The summed E-state index contributed by atoms with van der Waals surface area (Å²) in [6.45, 7) is -0.0619. The maximum absolute atomic E-state index is 13.2. The quantitative estimate of drug-likeness (QED) is 0.744. The molecule has 21 heavy (non-hydrogen) atoms. The van der Waals surface area contributed by atoms with Crippen molar-refractivity contribution in [3.05, 3.63) is 0 Å². The molecule has 0 rings (SSSR count). The fourth-order valence-corrected chi connectivity index (χ4v) is 2.03. The molecule has 2 atom stereocenters. The van der Waals surface area contributed by atoms with E-state index in [2.05, 4.69) is 0 Å². The number of alkyl halides is 9. The lowest BCUT2D eigenvalue weighted by Gasteiger charge is -2.35. The fraction of sp³-hybridized carbons (Fsp3) is 1.00. The minimum absolute atomic E-state index is 0.139. The highest BCUT2D eigenvalue weighted by Crippen LogP contribution is 2.54. The maximum atomic E-state index is 13.2. The summed E-state index contributed by atoms with van der Waals surface area (Å²) in [4.78, 5) is 0. The Labute approximate surface area is 115 Å². The van der Waals surface area contributed by atoms with Gasteiger partial charge in [0.05, 0.1) is 6.61 Å². The molecule has 3 nitrogen and oxygen atoms in total. The van der Waals surface area contributed by atoms with Crippen molar-refractivity contribution in [2.75, 3.05) is 13.7 Å². The third-order valence-electron chi connectivity index (χ3n) is 2.48. The minimum atomic E-state index is -7.09. The lowest BCUT2D eigenvalue weighted by molar-refractivity contribution is -0.382. The molecular weight excluding hydrogens is 345 g/mol. The molecule has 0 saturated carbocycles. The van der Waals surface area contributed by atoms with Crippen LogP contribution in [-0.4, -0.2) is 56.6 Å². The van der Waals surface area contributed by atoms with Crippen molar-refractivity contribution in [2.24, 2.45) is 0 Å². The molecule has 0 radical (unpaired) electrons. The molecule has 0 spiro atoms. The first kappa shape index (κ1) is 20.4. The van der Waals surface area contributed by atoms with E-state index in [1.165, 1.54) is 0 Å². The standard InChI is InChI=1S/C8H10F9NO2S/c1-4(3-19)18(2)21(20)8(16,17)6(11,12)5(9,10)7(13,14)15/h4,19H,3H2,1-2H3. The van der Waals surface area contributed by atoms with E-state index in [9.17, 15) is 43.7 Å². The van der Waals surface area contributed by atoms with E-state index in [0.717, 1.165) is 6.92 Å². The van der Waals surface area contributed by atoms with E-state index in [-0.39, 0.29) is 4.31 Å². The summed E-state index contributed by atoms with van der Waals surface area (Å²) >= 11 is 0. The molecule has 0 aliphatic carbocycles. The van der Waals surface area contributed by atoms with Gasteiger partial charge >= 0.3 is 23.3 Å². The summed E-state index contributed by atoms with van der Waals surface area (Å²) < 4.78 is 124. The lowest BCUT2D eigenvalue weighted by Crippen LogP contribution is -2.64.